The Bertz CT molecular complexity index is 626. The summed E-state index contributed by atoms with van der Waals surface area (Å²) in [4.78, 5) is 11.5. The van der Waals surface area contributed by atoms with Crippen molar-refractivity contribution >= 4 is 21.6 Å². The molecule has 0 aliphatic carbocycles. The lowest BCUT2D eigenvalue weighted by Gasteiger charge is -2.22. The van der Waals surface area contributed by atoms with Gasteiger partial charge in [-0.05, 0) is 11.6 Å². The quantitative estimate of drug-likeness (QED) is 0.791. The van der Waals surface area contributed by atoms with E-state index < -0.39 is 15.4 Å². The SMILES string of the molecule is CS(=O)(=O)N1CC2(CNC(=O)C2)c2ccccc21. The molecule has 1 spiro atoms. The number of carbonyl (C=O) groups excluding carboxylic acids is 1. The Labute approximate surface area is 106 Å². The number of nitrogens with zero attached hydrogens (tertiary/aromatic N) is 1. The summed E-state index contributed by atoms with van der Waals surface area (Å²) in [5.41, 5.74) is 1.27. The fourth-order valence-corrected chi connectivity index (χ4v) is 3.88. The van der Waals surface area contributed by atoms with Crippen LogP contribution in [0.15, 0.2) is 24.3 Å². The van der Waals surface area contributed by atoms with Crippen LogP contribution < -0.4 is 9.62 Å². The maximum absolute atomic E-state index is 11.8. The molecule has 5 nitrogen and oxygen atoms in total. The summed E-state index contributed by atoms with van der Waals surface area (Å²) in [5.74, 6) is -0.0137. The molecule has 0 saturated carbocycles. The molecule has 6 heteroatoms. The van der Waals surface area contributed by atoms with Crippen molar-refractivity contribution in [1.82, 2.24) is 5.32 Å². The number of carbonyl (C=O) groups is 1. The smallest absolute Gasteiger partial charge is 0.232 e. The van der Waals surface area contributed by atoms with Crippen molar-refractivity contribution in [2.45, 2.75) is 11.8 Å². The number of hydrogen-bond acceptors (Lipinski definition) is 3. The molecule has 0 aromatic heterocycles. The number of nitrogens with one attached hydrogen (secondary N) is 1. The third-order valence-corrected chi connectivity index (χ3v) is 4.84. The van der Waals surface area contributed by atoms with E-state index >= 15 is 0 Å². The van der Waals surface area contributed by atoms with Crippen LogP contribution in [0.3, 0.4) is 0 Å². The van der Waals surface area contributed by atoms with E-state index in [9.17, 15) is 13.2 Å². The van der Waals surface area contributed by atoms with Crippen molar-refractivity contribution in [2.24, 2.45) is 0 Å². The Hall–Kier alpha value is -1.56. The highest BCUT2D eigenvalue weighted by molar-refractivity contribution is 7.92. The van der Waals surface area contributed by atoms with E-state index in [-0.39, 0.29) is 5.91 Å². The molecule has 18 heavy (non-hydrogen) atoms. The minimum atomic E-state index is -3.30. The number of rotatable bonds is 1. The second-order valence-corrected chi connectivity index (χ2v) is 6.93. The summed E-state index contributed by atoms with van der Waals surface area (Å²) in [6.45, 7) is 0.860. The van der Waals surface area contributed by atoms with Crippen molar-refractivity contribution in [3.8, 4) is 0 Å². The molecular weight excluding hydrogens is 252 g/mol. The van der Waals surface area contributed by atoms with E-state index in [0.717, 1.165) is 5.56 Å². The van der Waals surface area contributed by atoms with E-state index in [4.69, 9.17) is 0 Å². The molecule has 2 aliphatic heterocycles. The summed E-state index contributed by atoms with van der Waals surface area (Å²) in [6, 6.07) is 7.42. The van der Waals surface area contributed by atoms with E-state index in [1.165, 1.54) is 10.6 Å². The average molecular weight is 266 g/mol. The number of hydrogen-bond donors (Lipinski definition) is 1. The molecule has 1 amide bonds. The van der Waals surface area contributed by atoms with Crippen LogP contribution >= 0.6 is 0 Å². The third kappa shape index (κ3) is 1.52. The standard InChI is InChI=1S/C12H14N2O3S/c1-18(16,17)14-8-12(6-11(15)13-7-12)9-4-2-3-5-10(9)14/h2-5H,6-8H2,1H3,(H,13,15). The van der Waals surface area contributed by atoms with Crippen LogP contribution in [0.2, 0.25) is 0 Å². The van der Waals surface area contributed by atoms with E-state index in [0.29, 0.717) is 25.2 Å². The Kier molecular flexibility index (Phi) is 2.22. The Morgan fingerprint density at radius 3 is 2.67 bits per heavy atom. The van der Waals surface area contributed by atoms with Gasteiger partial charge in [0.25, 0.3) is 0 Å². The fourth-order valence-electron chi connectivity index (χ4n) is 2.88. The number of amides is 1. The first kappa shape index (κ1) is 11.5. The van der Waals surface area contributed by atoms with E-state index in [1.807, 2.05) is 18.2 Å². The van der Waals surface area contributed by atoms with Crippen LogP contribution in [0.4, 0.5) is 5.69 Å². The lowest BCUT2D eigenvalue weighted by Crippen LogP contribution is -2.37. The van der Waals surface area contributed by atoms with Gasteiger partial charge >= 0.3 is 0 Å². The lowest BCUT2D eigenvalue weighted by molar-refractivity contribution is -0.119. The van der Waals surface area contributed by atoms with Gasteiger partial charge in [0.2, 0.25) is 15.9 Å². The number of anilines is 1. The Morgan fingerprint density at radius 1 is 1.33 bits per heavy atom. The topological polar surface area (TPSA) is 66.5 Å². The molecule has 96 valence electrons. The van der Waals surface area contributed by atoms with Crippen molar-refractivity contribution in [1.29, 1.82) is 0 Å². The van der Waals surface area contributed by atoms with Crippen LogP contribution in [0.1, 0.15) is 12.0 Å². The summed E-state index contributed by atoms with van der Waals surface area (Å²) >= 11 is 0. The zero-order valence-electron chi connectivity index (χ0n) is 10.0. The van der Waals surface area contributed by atoms with Gasteiger partial charge < -0.3 is 5.32 Å². The van der Waals surface area contributed by atoms with Crippen molar-refractivity contribution < 1.29 is 13.2 Å². The third-order valence-electron chi connectivity index (χ3n) is 3.71. The number of benzene rings is 1. The maximum Gasteiger partial charge on any atom is 0.232 e. The van der Waals surface area contributed by atoms with E-state index in [1.54, 1.807) is 6.07 Å². The van der Waals surface area contributed by atoms with Crippen LogP contribution in [-0.4, -0.2) is 33.7 Å². The minimum absolute atomic E-state index is 0.0137. The van der Waals surface area contributed by atoms with Gasteiger partial charge in [0, 0.05) is 24.9 Å². The van der Waals surface area contributed by atoms with Crippen molar-refractivity contribution in [3.05, 3.63) is 29.8 Å². The first-order valence-corrected chi connectivity index (χ1v) is 7.61. The Balaban J connectivity index is 2.16. The molecule has 1 fully saturated rings. The van der Waals surface area contributed by atoms with Crippen molar-refractivity contribution in [3.63, 3.8) is 0 Å². The molecule has 2 heterocycles. The number of sulfonamides is 1. The monoisotopic (exact) mass is 266 g/mol. The van der Waals surface area contributed by atoms with Gasteiger partial charge in [-0.2, -0.15) is 0 Å². The molecule has 1 N–H and O–H groups in total. The first-order valence-electron chi connectivity index (χ1n) is 5.76. The van der Waals surface area contributed by atoms with Gasteiger partial charge in [0.05, 0.1) is 11.9 Å². The molecule has 0 radical (unpaired) electrons. The number of fused-ring (bicyclic) bond motifs is 2. The predicted octanol–water partition coefficient (Wildman–Crippen LogP) is 0.224. The highest BCUT2D eigenvalue weighted by Crippen LogP contribution is 2.45. The zero-order valence-corrected chi connectivity index (χ0v) is 10.8. The molecular formula is C12H14N2O3S. The summed E-state index contributed by atoms with van der Waals surface area (Å²) in [6.07, 6.45) is 1.56. The highest BCUT2D eigenvalue weighted by Gasteiger charge is 2.49. The summed E-state index contributed by atoms with van der Waals surface area (Å²) in [7, 11) is -3.30. The van der Waals surface area contributed by atoms with Gasteiger partial charge in [0.15, 0.2) is 0 Å². The van der Waals surface area contributed by atoms with Gasteiger partial charge in [0.1, 0.15) is 0 Å². The fraction of sp³-hybridized carbons (Fsp3) is 0.417. The summed E-state index contributed by atoms with van der Waals surface area (Å²) < 4.78 is 25.1. The zero-order chi connectivity index (χ0) is 13.0. The van der Waals surface area contributed by atoms with Gasteiger partial charge in [-0.15, -0.1) is 0 Å². The van der Waals surface area contributed by atoms with E-state index in [2.05, 4.69) is 5.32 Å². The van der Waals surface area contributed by atoms with Gasteiger partial charge in [-0.25, -0.2) is 8.42 Å². The second-order valence-electron chi connectivity index (χ2n) is 5.02. The minimum Gasteiger partial charge on any atom is -0.355 e. The predicted molar refractivity (Wildman–Crippen MR) is 67.9 cm³/mol. The number of para-hydroxylation sites is 1. The molecule has 2 aliphatic rings. The molecule has 1 aromatic rings. The normalized spacial score (nSPS) is 26.5. The maximum atomic E-state index is 11.8. The van der Waals surface area contributed by atoms with Crippen LogP contribution in [-0.2, 0) is 20.2 Å². The van der Waals surface area contributed by atoms with Crippen molar-refractivity contribution in [2.75, 3.05) is 23.7 Å². The van der Waals surface area contributed by atoms with Crippen LogP contribution in [0, 0.1) is 0 Å². The molecule has 1 atom stereocenters. The second kappa shape index (κ2) is 3.47. The molecule has 0 bridgehead atoms. The molecule has 1 unspecified atom stereocenters. The average Bonchev–Trinajstić information content (AvgIpc) is 2.82. The highest BCUT2D eigenvalue weighted by atomic mass is 32.2. The lowest BCUT2D eigenvalue weighted by atomic mass is 9.81. The summed E-state index contributed by atoms with van der Waals surface area (Å²) in [5, 5.41) is 2.80. The largest absolute Gasteiger partial charge is 0.355 e. The molecule has 1 aromatic carbocycles. The van der Waals surface area contributed by atoms with Crippen LogP contribution in [0.25, 0.3) is 0 Å². The Morgan fingerprint density at radius 2 is 2.06 bits per heavy atom. The van der Waals surface area contributed by atoms with Crippen LogP contribution in [0.5, 0.6) is 0 Å². The first-order chi connectivity index (χ1) is 8.42. The molecule has 3 rings (SSSR count). The molecule has 1 saturated heterocycles. The van der Waals surface area contributed by atoms with Gasteiger partial charge in [-0.1, -0.05) is 18.2 Å². The van der Waals surface area contributed by atoms with Gasteiger partial charge in [-0.3, -0.25) is 9.10 Å².